The fourth-order valence-electron chi connectivity index (χ4n) is 9.11. The van der Waals surface area contributed by atoms with E-state index in [-0.39, 0.29) is 25.9 Å². The zero-order valence-corrected chi connectivity index (χ0v) is 50.4. The first kappa shape index (κ1) is 73.7. The molecule has 0 aromatic heterocycles. The Labute approximate surface area is 467 Å². The maximum absolute atomic E-state index is 12.9. The molecule has 0 aliphatic rings. The van der Waals surface area contributed by atoms with Crippen molar-refractivity contribution in [1.29, 1.82) is 0 Å². The van der Waals surface area contributed by atoms with Crippen molar-refractivity contribution in [2.45, 2.75) is 328 Å². The second-order valence-corrected chi connectivity index (χ2v) is 23.0. The number of carbonyl (C=O) groups excluding carboxylic acids is 3. The van der Waals surface area contributed by atoms with Crippen molar-refractivity contribution in [2.24, 2.45) is 0 Å². The van der Waals surface area contributed by atoms with Crippen LogP contribution in [0.15, 0.2) is 36.5 Å². The Bertz CT molecular complexity index is 1420. The molecule has 0 amide bonds. The Morgan fingerprint density at radius 3 is 0.921 bits per heavy atom. The molecule has 0 spiro atoms. The van der Waals surface area contributed by atoms with Crippen molar-refractivity contribution < 1.29 is 52.2 Å². The highest BCUT2D eigenvalue weighted by atomic mass is 31.2. The first-order valence-corrected chi connectivity index (χ1v) is 33.4. The number of aliphatic hydroxyl groups excluding tert-OH is 1. The van der Waals surface area contributed by atoms with Crippen molar-refractivity contribution in [3.63, 3.8) is 0 Å². The van der Waals surface area contributed by atoms with Gasteiger partial charge >= 0.3 is 25.7 Å². The summed E-state index contributed by atoms with van der Waals surface area (Å²) >= 11 is 0. The molecule has 0 bridgehead atoms. The smallest absolute Gasteiger partial charge is 0.462 e. The summed E-state index contributed by atoms with van der Waals surface area (Å²) in [4.78, 5) is 48.7. The first-order chi connectivity index (χ1) is 37.2. The van der Waals surface area contributed by atoms with Gasteiger partial charge in [-0.05, 0) is 96.3 Å². The summed E-state index contributed by atoms with van der Waals surface area (Å²) in [5.41, 5.74) is 0. The number of unbranched alkanes of at least 4 members (excludes halogenated alkanes) is 37. The van der Waals surface area contributed by atoms with Crippen LogP contribution in [-0.4, -0.2) is 66.5 Å². The van der Waals surface area contributed by atoms with E-state index in [0.717, 1.165) is 83.5 Å². The Hall–Kier alpha value is -2.30. The molecule has 0 aliphatic carbocycles. The number of hydrogen-bond donors (Lipinski definition) is 2. The molecule has 0 saturated carbocycles. The first-order valence-electron chi connectivity index (χ1n) is 31.9. The van der Waals surface area contributed by atoms with Gasteiger partial charge in [-0.2, -0.15) is 0 Å². The Balaban J connectivity index is 4.68. The van der Waals surface area contributed by atoms with Gasteiger partial charge in [0.15, 0.2) is 6.10 Å². The summed E-state index contributed by atoms with van der Waals surface area (Å²) < 4.78 is 39.6. The van der Waals surface area contributed by atoms with E-state index in [1.807, 2.05) is 0 Å². The Morgan fingerprint density at radius 1 is 0.355 bits per heavy atom. The fraction of sp³-hybridized carbons (Fsp3) is 0.859. The van der Waals surface area contributed by atoms with E-state index >= 15 is 0 Å². The van der Waals surface area contributed by atoms with E-state index < -0.39 is 57.8 Å². The van der Waals surface area contributed by atoms with Crippen LogP contribution in [0.25, 0.3) is 0 Å². The quantitative estimate of drug-likeness (QED) is 0.0197. The number of rotatable bonds is 60. The molecule has 0 rings (SSSR count). The average Bonchev–Trinajstić information content (AvgIpc) is 3.41. The Morgan fingerprint density at radius 2 is 0.605 bits per heavy atom. The van der Waals surface area contributed by atoms with Crippen molar-refractivity contribution in [3.8, 4) is 0 Å². The SMILES string of the molecule is CCCCCC/C=C\CCCCCCCC(=O)OC(CO)COP(=O)(O)OCC(COC(=O)CCCCCCCCCCC/C=C\CCCCCCCC)OC(=O)CCCCCCCCC/C=C\CCCCCCCC. The highest BCUT2D eigenvalue weighted by Gasteiger charge is 2.28. The van der Waals surface area contributed by atoms with Gasteiger partial charge in [-0.15, -0.1) is 0 Å². The normalized spacial score (nSPS) is 13.5. The number of phosphoric acid groups is 1. The lowest BCUT2D eigenvalue weighted by molar-refractivity contribution is -0.161. The van der Waals surface area contributed by atoms with E-state index in [1.54, 1.807) is 0 Å². The minimum atomic E-state index is -4.75. The van der Waals surface area contributed by atoms with E-state index in [9.17, 15) is 28.9 Å². The van der Waals surface area contributed by atoms with Crippen molar-refractivity contribution in [2.75, 3.05) is 26.4 Å². The predicted octanol–water partition coefficient (Wildman–Crippen LogP) is 19.2. The molecule has 76 heavy (non-hydrogen) atoms. The van der Waals surface area contributed by atoms with Gasteiger partial charge < -0.3 is 24.2 Å². The van der Waals surface area contributed by atoms with E-state index in [2.05, 4.69) is 57.2 Å². The van der Waals surface area contributed by atoms with Crippen molar-refractivity contribution >= 4 is 25.7 Å². The molecule has 0 aliphatic heterocycles. The lowest BCUT2D eigenvalue weighted by Crippen LogP contribution is -2.30. The van der Waals surface area contributed by atoms with Gasteiger partial charge in [-0.25, -0.2) is 4.57 Å². The van der Waals surface area contributed by atoms with Crippen LogP contribution in [-0.2, 0) is 42.2 Å². The molecule has 446 valence electrons. The lowest BCUT2D eigenvalue weighted by Gasteiger charge is -2.21. The van der Waals surface area contributed by atoms with Crippen LogP contribution in [0.4, 0.5) is 0 Å². The fourth-order valence-corrected chi connectivity index (χ4v) is 9.89. The van der Waals surface area contributed by atoms with Crippen LogP contribution in [0.3, 0.4) is 0 Å². The monoisotopic (exact) mass is 1090 g/mol. The van der Waals surface area contributed by atoms with Crippen molar-refractivity contribution in [3.05, 3.63) is 36.5 Å². The van der Waals surface area contributed by atoms with Crippen LogP contribution in [0.2, 0.25) is 0 Å². The zero-order chi connectivity index (χ0) is 55.5. The summed E-state index contributed by atoms with van der Waals surface area (Å²) in [5, 5.41) is 9.83. The summed E-state index contributed by atoms with van der Waals surface area (Å²) in [6, 6.07) is 0. The van der Waals surface area contributed by atoms with Gasteiger partial charge in [0.2, 0.25) is 0 Å². The number of esters is 3. The topological polar surface area (TPSA) is 155 Å². The van der Waals surface area contributed by atoms with E-state index in [0.29, 0.717) is 19.3 Å². The minimum absolute atomic E-state index is 0.165. The predicted molar refractivity (Wildman–Crippen MR) is 316 cm³/mol. The third-order valence-electron chi connectivity index (χ3n) is 14.0. The third-order valence-corrected chi connectivity index (χ3v) is 15.0. The maximum atomic E-state index is 12.9. The molecule has 0 aromatic rings. The third kappa shape index (κ3) is 56.4. The molecule has 11 nitrogen and oxygen atoms in total. The van der Waals surface area contributed by atoms with Crippen LogP contribution in [0.1, 0.15) is 316 Å². The average molecular weight is 1100 g/mol. The number of hydrogen-bond acceptors (Lipinski definition) is 10. The van der Waals surface area contributed by atoms with E-state index in [4.69, 9.17) is 23.3 Å². The standard InChI is InChI=1S/C64H119O11P/c1-4-7-10-13-16-19-22-25-27-29-30-32-33-36-38-41-44-47-50-53-62(66)71-57-61(75-64(68)55-52-49-46-43-40-37-34-31-28-26-23-20-17-14-11-8-5-2)59-73-76(69,70)72-58-60(56-65)74-63(67)54-51-48-45-42-39-35-24-21-18-15-12-9-6-3/h21,24-28,60-61,65H,4-20,22-23,29-59H2,1-3H3,(H,69,70)/b24-21-,27-25-,28-26-. The molecule has 0 heterocycles. The minimum Gasteiger partial charge on any atom is -0.462 e. The van der Waals surface area contributed by atoms with Gasteiger partial charge in [0.25, 0.3) is 0 Å². The highest BCUT2D eigenvalue weighted by molar-refractivity contribution is 7.47. The molecule has 3 unspecified atom stereocenters. The molecule has 0 fully saturated rings. The second kappa shape index (κ2) is 58.8. The molecule has 0 saturated heterocycles. The molecular weight excluding hydrogens is 976 g/mol. The number of phosphoric ester groups is 1. The zero-order valence-electron chi connectivity index (χ0n) is 49.5. The van der Waals surface area contributed by atoms with Gasteiger partial charge in [0, 0.05) is 19.3 Å². The van der Waals surface area contributed by atoms with Gasteiger partial charge in [-0.1, -0.05) is 237 Å². The molecule has 2 N–H and O–H groups in total. The summed E-state index contributed by atoms with van der Waals surface area (Å²) in [7, 11) is -4.75. The largest absolute Gasteiger partial charge is 0.472 e. The number of aliphatic hydroxyl groups is 1. The molecule has 0 aromatic carbocycles. The number of carbonyl (C=O) groups is 3. The molecule has 12 heteroatoms. The lowest BCUT2D eigenvalue weighted by atomic mass is 10.1. The summed E-state index contributed by atoms with van der Waals surface area (Å²) in [6.07, 6.45) is 62.4. The number of allylic oxidation sites excluding steroid dienone is 6. The van der Waals surface area contributed by atoms with Crippen LogP contribution < -0.4 is 0 Å². The van der Waals surface area contributed by atoms with E-state index in [1.165, 1.54) is 173 Å². The highest BCUT2D eigenvalue weighted by Crippen LogP contribution is 2.43. The second-order valence-electron chi connectivity index (χ2n) is 21.6. The van der Waals surface area contributed by atoms with Gasteiger partial charge in [-0.3, -0.25) is 23.4 Å². The molecular formula is C64H119O11P. The van der Waals surface area contributed by atoms with Crippen LogP contribution in [0, 0.1) is 0 Å². The molecule has 3 atom stereocenters. The van der Waals surface area contributed by atoms with Gasteiger partial charge in [0.05, 0.1) is 19.8 Å². The number of ether oxygens (including phenoxy) is 3. The summed E-state index contributed by atoms with van der Waals surface area (Å²) in [6.45, 7) is 4.66. The van der Waals surface area contributed by atoms with Crippen LogP contribution >= 0.6 is 7.82 Å². The van der Waals surface area contributed by atoms with Crippen molar-refractivity contribution in [1.82, 2.24) is 0 Å². The van der Waals surface area contributed by atoms with Crippen LogP contribution in [0.5, 0.6) is 0 Å². The molecule has 0 radical (unpaired) electrons. The summed E-state index contributed by atoms with van der Waals surface area (Å²) in [5.74, 6) is -1.46. The van der Waals surface area contributed by atoms with Gasteiger partial charge in [0.1, 0.15) is 12.7 Å². The Kier molecular flexibility index (Phi) is 57.1. The maximum Gasteiger partial charge on any atom is 0.472 e.